The third-order valence-corrected chi connectivity index (χ3v) is 8.76. The number of aliphatic hydroxyl groups is 1. The van der Waals surface area contributed by atoms with E-state index >= 15 is 0 Å². The number of carbonyl (C=O) groups is 2. The number of hydrogen-bond acceptors (Lipinski definition) is 8. The number of anilines is 1. The highest BCUT2D eigenvalue weighted by Gasteiger charge is 2.32. The number of ether oxygens (including phenoxy) is 2. The van der Waals surface area contributed by atoms with Gasteiger partial charge in [0.05, 0.1) is 36.0 Å². The van der Waals surface area contributed by atoms with Crippen molar-refractivity contribution in [1.29, 1.82) is 0 Å². The van der Waals surface area contributed by atoms with Crippen LogP contribution in [-0.4, -0.2) is 38.7 Å². The van der Waals surface area contributed by atoms with Crippen molar-refractivity contribution in [3.05, 3.63) is 131 Å². The second kappa shape index (κ2) is 14.7. The Bertz CT molecular complexity index is 1800. The van der Waals surface area contributed by atoms with E-state index in [1.165, 1.54) is 13.1 Å². The fourth-order valence-corrected chi connectivity index (χ4v) is 6.10. The molecule has 0 saturated carbocycles. The van der Waals surface area contributed by atoms with Crippen LogP contribution in [0.25, 0.3) is 11.0 Å². The number of hydrogen-bond donors (Lipinski definition) is 3. The van der Waals surface area contributed by atoms with Gasteiger partial charge in [-0.15, -0.1) is 11.8 Å². The van der Waals surface area contributed by atoms with Crippen LogP contribution in [0.2, 0.25) is 0 Å². The van der Waals surface area contributed by atoms with Crippen molar-refractivity contribution >= 4 is 40.3 Å². The van der Waals surface area contributed by atoms with E-state index in [0.29, 0.717) is 24.2 Å². The maximum atomic E-state index is 12.8. The van der Waals surface area contributed by atoms with Gasteiger partial charge in [-0.3, -0.25) is 14.6 Å². The Hall–Kier alpha value is -4.61. The molecule has 0 bridgehead atoms. The summed E-state index contributed by atoms with van der Waals surface area (Å²) in [5.41, 5.74) is 6.11. The fourth-order valence-electron chi connectivity index (χ4n) is 5.18. The number of benzene rings is 4. The van der Waals surface area contributed by atoms with Crippen LogP contribution in [0.3, 0.4) is 0 Å². The lowest BCUT2D eigenvalue weighted by molar-refractivity contribution is -0.245. The zero-order chi connectivity index (χ0) is 31.9. The molecule has 1 aliphatic rings. The topological polar surface area (TPSA) is 123 Å². The van der Waals surface area contributed by atoms with Gasteiger partial charge in [-0.25, -0.2) is 4.98 Å². The number of nitrogens with one attached hydrogen (secondary N) is 2. The van der Waals surface area contributed by atoms with Crippen molar-refractivity contribution in [2.24, 2.45) is 0 Å². The van der Waals surface area contributed by atoms with Crippen LogP contribution in [-0.2, 0) is 27.4 Å². The summed E-state index contributed by atoms with van der Waals surface area (Å²) in [6.07, 6.45) is 1.29. The average Bonchev–Trinajstić information content (AvgIpc) is 3.10. The quantitative estimate of drug-likeness (QED) is 0.152. The third kappa shape index (κ3) is 7.96. The molecule has 2 amide bonds. The minimum absolute atomic E-state index is 0.0139. The first-order valence-corrected chi connectivity index (χ1v) is 16.0. The van der Waals surface area contributed by atoms with Gasteiger partial charge in [0.2, 0.25) is 5.91 Å². The summed E-state index contributed by atoms with van der Waals surface area (Å²) in [6.45, 7) is 1.81. The summed E-state index contributed by atoms with van der Waals surface area (Å²) >= 11 is 1.69. The van der Waals surface area contributed by atoms with Crippen LogP contribution < -0.4 is 10.6 Å². The number of aliphatic hydroxyl groups excluding tert-OH is 1. The summed E-state index contributed by atoms with van der Waals surface area (Å²) in [5.74, 6) is 0.321. The van der Waals surface area contributed by atoms with E-state index in [1.54, 1.807) is 11.8 Å². The molecule has 2 heterocycles. The molecule has 46 heavy (non-hydrogen) atoms. The molecule has 234 valence electrons. The maximum absolute atomic E-state index is 12.8. The minimum atomic E-state index is -0.583. The predicted molar refractivity (Wildman–Crippen MR) is 177 cm³/mol. The molecule has 0 unspecified atom stereocenters. The van der Waals surface area contributed by atoms with Gasteiger partial charge in [0.15, 0.2) is 6.29 Å². The van der Waals surface area contributed by atoms with Gasteiger partial charge in [0, 0.05) is 41.8 Å². The van der Waals surface area contributed by atoms with Gasteiger partial charge in [-0.2, -0.15) is 0 Å². The monoisotopic (exact) mass is 634 g/mol. The lowest BCUT2D eigenvalue weighted by Crippen LogP contribution is -2.31. The molecule has 5 aromatic rings. The lowest BCUT2D eigenvalue weighted by Gasteiger charge is -2.36. The van der Waals surface area contributed by atoms with Gasteiger partial charge in [-0.1, -0.05) is 60.7 Å². The number of nitrogens with zero attached hydrogens (tertiary/aromatic N) is 2. The second-order valence-corrected chi connectivity index (χ2v) is 12.1. The highest BCUT2D eigenvalue weighted by Crippen LogP contribution is 2.39. The Kier molecular flexibility index (Phi) is 10.00. The van der Waals surface area contributed by atoms with E-state index in [2.05, 4.69) is 20.6 Å². The van der Waals surface area contributed by atoms with Crippen molar-refractivity contribution < 1.29 is 24.2 Å². The largest absolute Gasteiger partial charge is 0.392 e. The van der Waals surface area contributed by atoms with Gasteiger partial charge < -0.3 is 25.2 Å². The molecule has 9 nitrogen and oxygen atoms in total. The Morgan fingerprint density at radius 3 is 2.28 bits per heavy atom. The predicted octanol–water partition coefficient (Wildman–Crippen LogP) is 6.35. The standard InChI is InChI=1S/C36H34N4O5S/c1-23(42)39-28-14-16-30(17-15-28)46-22-29-18-34(26-10-8-25(21-41)9-11-26)45-36(44-29)27-12-6-24(7-13-27)19-38-35(43)33-20-37-31-4-2-3-5-32(31)40-33/h2-17,20,29,34,36,41H,18-19,21-22H2,1H3,(H,38,43)(H,39,42)/t29-,34+,36+/m1/s1. The van der Waals surface area contributed by atoms with Crippen LogP contribution in [0.15, 0.2) is 108 Å². The van der Waals surface area contributed by atoms with Crippen LogP contribution in [0.4, 0.5) is 5.69 Å². The van der Waals surface area contributed by atoms with Gasteiger partial charge in [-0.05, 0) is 53.1 Å². The van der Waals surface area contributed by atoms with Crippen LogP contribution in [0.1, 0.15) is 58.5 Å². The maximum Gasteiger partial charge on any atom is 0.271 e. The van der Waals surface area contributed by atoms with Crippen LogP contribution in [0, 0.1) is 0 Å². The molecular weight excluding hydrogens is 600 g/mol. The van der Waals surface area contributed by atoms with E-state index in [-0.39, 0.29) is 36.3 Å². The number of aromatic nitrogens is 2. The Morgan fingerprint density at radius 1 is 0.870 bits per heavy atom. The molecular formula is C36H34N4O5S. The lowest BCUT2D eigenvalue weighted by atomic mass is 10.0. The summed E-state index contributed by atoms with van der Waals surface area (Å²) < 4.78 is 13.0. The summed E-state index contributed by atoms with van der Waals surface area (Å²) in [4.78, 5) is 33.9. The Labute approximate surface area is 271 Å². The molecule has 1 saturated heterocycles. The van der Waals surface area contributed by atoms with E-state index < -0.39 is 6.29 Å². The SMILES string of the molecule is CC(=O)Nc1ccc(SC[C@H]2C[C@@H](c3ccc(CO)cc3)O[C@@H](c3ccc(CNC(=O)c4cnc5ccccc5n4)cc3)O2)cc1. The van der Waals surface area contributed by atoms with Crippen LogP contribution >= 0.6 is 11.8 Å². The van der Waals surface area contributed by atoms with Gasteiger partial charge in [0.25, 0.3) is 5.91 Å². The van der Waals surface area contributed by atoms with E-state index in [1.807, 2.05) is 97.1 Å². The number of para-hydroxylation sites is 2. The zero-order valence-corrected chi connectivity index (χ0v) is 26.1. The molecule has 4 aromatic carbocycles. The highest BCUT2D eigenvalue weighted by atomic mass is 32.2. The summed E-state index contributed by atoms with van der Waals surface area (Å²) in [7, 11) is 0. The molecule has 1 aliphatic heterocycles. The Balaban J connectivity index is 1.12. The van der Waals surface area contributed by atoms with Crippen molar-refractivity contribution in [2.75, 3.05) is 11.1 Å². The van der Waals surface area contributed by atoms with Gasteiger partial charge in [0.1, 0.15) is 5.69 Å². The van der Waals surface area contributed by atoms with E-state index in [4.69, 9.17) is 9.47 Å². The van der Waals surface area contributed by atoms with Crippen molar-refractivity contribution in [2.45, 2.75) is 49.9 Å². The fraction of sp³-hybridized carbons (Fsp3) is 0.222. The molecule has 0 aliphatic carbocycles. The average molecular weight is 635 g/mol. The van der Waals surface area contributed by atoms with E-state index in [0.717, 1.165) is 38.4 Å². The summed E-state index contributed by atoms with van der Waals surface area (Å²) in [6, 6.07) is 30.8. The number of rotatable bonds is 10. The highest BCUT2D eigenvalue weighted by molar-refractivity contribution is 7.99. The molecule has 1 aromatic heterocycles. The molecule has 6 rings (SSSR count). The minimum Gasteiger partial charge on any atom is -0.392 e. The molecule has 3 N–H and O–H groups in total. The summed E-state index contributed by atoms with van der Waals surface area (Å²) in [5, 5.41) is 15.2. The van der Waals surface area contributed by atoms with Crippen molar-refractivity contribution in [3.8, 4) is 0 Å². The Morgan fingerprint density at radius 2 is 1.57 bits per heavy atom. The normalized spacial score (nSPS) is 17.8. The van der Waals surface area contributed by atoms with Crippen molar-refractivity contribution in [1.82, 2.24) is 15.3 Å². The zero-order valence-electron chi connectivity index (χ0n) is 25.3. The van der Waals surface area contributed by atoms with E-state index in [9.17, 15) is 14.7 Å². The third-order valence-electron chi connectivity index (χ3n) is 7.61. The second-order valence-electron chi connectivity index (χ2n) is 11.0. The first-order valence-electron chi connectivity index (χ1n) is 15.0. The number of amides is 2. The first-order chi connectivity index (χ1) is 22.4. The van der Waals surface area contributed by atoms with Gasteiger partial charge >= 0.3 is 0 Å². The molecule has 3 atom stereocenters. The number of fused-ring (bicyclic) bond motifs is 1. The molecule has 0 spiro atoms. The van der Waals surface area contributed by atoms with Crippen molar-refractivity contribution in [3.63, 3.8) is 0 Å². The van der Waals surface area contributed by atoms with Crippen LogP contribution in [0.5, 0.6) is 0 Å². The smallest absolute Gasteiger partial charge is 0.271 e. The number of carbonyl (C=O) groups excluding carboxylic acids is 2. The molecule has 1 fully saturated rings. The molecule has 10 heteroatoms. The molecule has 0 radical (unpaired) electrons. The number of thioether (sulfide) groups is 1. The first kappa shape index (κ1) is 31.4.